The van der Waals surface area contributed by atoms with Crippen LogP contribution in [-0.2, 0) is 19.2 Å². The van der Waals surface area contributed by atoms with Crippen LogP contribution in [0, 0.1) is 10.8 Å². The van der Waals surface area contributed by atoms with Crippen molar-refractivity contribution in [2.45, 2.75) is 129 Å². The second-order valence-corrected chi connectivity index (χ2v) is 17.1. The first-order valence-corrected chi connectivity index (χ1v) is 13.4. The minimum atomic E-state index is -0.896. The first-order valence-electron chi connectivity index (χ1n) is 11.7. The van der Waals surface area contributed by atoms with E-state index in [0.717, 1.165) is 0 Å². The third-order valence-corrected chi connectivity index (χ3v) is 6.54. The molecule has 0 bridgehead atoms. The third kappa shape index (κ3) is 22.8. The highest BCUT2D eigenvalue weighted by Crippen LogP contribution is 2.32. The molecule has 0 heterocycles. The number of carbonyl (C=O) groups excluding carboxylic acids is 2. The summed E-state index contributed by atoms with van der Waals surface area (Å²) >= 11 is 2.69. The Morgan fingerprint density at radius 1 is 0.559 bits per heavy atom. The van der Waals surface area contributed by atoms with Gasteiger partial charge in [-0.1, -0.05) is 83.1 Å². The van der Waals surface area contributed by atoms with E-state index >= 15 is 0 Å². The molecule has 2 atom stereocenters. The van der Waals surface area contributed by atoms with Gasteiger partial charge in [0.1, 0.15) is 22.1 Å². The number of Topliss-reactive ketones (excluding diaryl/α,β-unsaturated/α-hetero) is 2. The van der Waals surface area contributed by atoms with Crippen LogP contribution in [0.3, 0.4) is 0 Å². The van der Waals surface area contributed by atoms with Crippen molar-refractivity contribution in [3.63, 3.8) is 0 Å². The fourth-order valence-electron chi connectivity index (χ4n) is 2.95. The van der Waals surface area contributed by atoms with Gasteiger partial charge >= 0.3 is 11.9 Å². The van der Waals surface area contributed by atoms with Crippen LogP contribution in [0.4, 0.5) is 0 Å². The number of hydrogen-bond acceptors (Lipinski definition) is 6. The number of ketones is 2. The lowest BCUT2D eigenvalue weighted by Crippen LogP contribution is -2.27. The molecule has 8 heteroatoms. The predicted octanol–water partition coefficient (Wildman–Crippen LogP) is 6.73. The molecular formula is C26H48O6S2. The SMILES string of the molecule is CC(C)(C)CC(=O)CC(SC(C)(C)C)C(=O)O.CC(C)(C)CC(=O)CC(SC(C)(C)C)C(=O)O. The molecule has 0 amide bonds. The normalized spacial score (nSPS) is 14.5. The Morgan fingerprint density at radius 3 is 0.941 bits per heavy atom. The maximum absolute atomic E-state index is 11.8. The van der Waals surface area contributed by atoms with Gasteiger partial charge in [0, 0.05) is 35.2 Å². The lowest BCUT2D eigenvalue weighted by Gasteiger charge is -2.24. The van der Waals surface area contributed by atoms with Gasteiger partial charge in [0.05, 0.1) is 0 Å². The van der Waals surface area contributed by atoms with Crippen molar-refractivity contribution in [1.82, 2.24) is 0 Å². The van der Waals surface area contributed by atoms with Crippen LogP contribution in [0.5, 0.6) is 0 Å². The number of aliphatic carboxylic acids is 2. The van der Waals surface area contributed by atoms with Crippen LogP contribution in [-0.4, -0.2) is 53.7 Å². The summed E-state index contributed by atoms with van der Waals surface area (Å²) in [5.74, 6) is -1.73. The number of carboxylic acid groups (broad SMARTS) is 2. The fraction of sp³-hybridized carbons (Fsp3) is 0.846. The van der Waals surface area contributed by atoms with Gasteiger partial charge in [-0.3, -0.25) is 19.2 Å². The zero-order valence-electron chi connectivity index (χ0n) is 23.3. The molecule has 0 aliphatic carbocycles. The molecule has 0 radical (unpaired) electrons. The lowest BCUT2D eigenvalue weighted by atomic mass is 9.89. The molecule has 0 aliphatic heterocycles. The molecule has 0 fully saturated rings. The van der Waals surface area contributed by atoms with Crippen LogP contribution in [0.15, 0.2) is 0 Å². The van der Waals surface area contributed by atoms with E-state index in [1.165, 1.54) is 23.5 Å². The lowest BCUT2D eigenvalue weighted by molar-refractivity contribution is -0.138. The molecule has 0 saturated heterocycles. The van der Waals surface area contributed by atoms with Crippen LogP contribution in [0.1, 0.15) is 109 Å². The standard InChI is InChI=1S/2C13H24O3S/c2*1-12(2,3)8-9(14)7-10(11(15)16)17-13(4,5)6/h2*10H,7-8H2,1-6H3,(H,15,16). The molecule has 200 valence electrons. The van der Waals surface area contributed by atoms with Gasteiger partial charge in [0.15, 0.2) is 0 Å². The van der Waals surface area contributed by atoms with Crippen molar-refractivity contribution in [3.8, 4) is 0 Å². The molecule has 0 aromatic rings. The van der Waals surface area contributed by atoms with Gasteiger partial charge in [0.25, 0.3) is 0 Å². The van der Waals surface area contributed by atoms with Gasteiger partial charge in [0.2, 0.25) is 0 Å². The molecule has 0 aromatic heterocycles. The molecular weight excluding hydrogens is 472 g/mol. The van der Waals surface area contributed by atoms with Crippen LogP contribution < -0.4 is 0 Å². The Morgan fingerprint density at radius 2 is 0.794 bits per heavy atom. The highest BCUT2D eigenvalue weighted by atomic mass is 32.2. The monoisotopic (exact) mass is 520 g/mol. The van der Waals surface area contributed by atoms with E-state index < -0.39 is 22.4 Å². The minimum absolute atomic E-state index is 0.0293. The number of carboxylic acids is 2. The Bertz CT molecular complexity index is 628. The second kappa shape index (κ2) is 13.9. The van der Waals surface area contributed by atoms with E-state index in [4.69, 9.17) is 10.2 Å². The minimum Gasteiger partial charge on any atom is -0.480 e. The molecule has 0 aliphatic rings. The topological polar surface area (TPSA) is 109 Å². The van der Waals surface area contributed by atoms with Crippen molar-refractivity contribution >= 4 is 47.0 Å². The fourth-order valence-corrected chi connectivity index (χ4v) is 5.40. The molecule has 2 N–H and O–H groups in total. The van der Waals surface area contributed by atoms with E-state index in [1.54, 1.807) is 0 Å². The first kappa shape index (κ1) is 35.1. The van der Waals surface area contributed by atoms with Gasteiger partial charge < -0.3 is 10.2 Å². The number of thioether (sulfide) groups is 2. The van der Waals surface area contributed by atoms with Gasteiger partial charge in [-0.05, 0) is 10.8 Å². The summed E-state index contributed by atoms with van der Waals surface area (Å²) in [7, 11) is 0. The largest absolute Gasteiger partial charge is 0.480 e. The van der Waals surface area contributed by atoms with E-state index in [-0.39, 0.29) is 44.7 Å². The maximum atomic E-state index is 11.8. The van der Waals surface area contributed by atoms with Crippen LogP contribution in [0.25, 0.3) is 0 Å². The van der Waals surface area contributed by atoms with Crippen molar-refractivity contribution < 1.29 is 29.4 Å². The number of hydrogen-bond donors (Lipinski definition) is 2. The van der Waals surface area contributed by atoms with Crippen molar-refractivity contribution in [1.29, 1.82) is 0 Å². The molecule has 0 rings (SSSR count). The van der Waals surface area contributed by atoms with Crippen molar-refractivity contribution in [2.24, 2.45) is 10.8 Å². The average Bonchev–Trinajstić information content (AvgIpc) is 2.47. The van der Waals surface area contributed by atoms with Gasteiger partial charge in [-0.2, -0.15) is 0 Å². The summed E-state index contributed by atoms with van der Waals surface area (Å²) in [6.45, 7) is 23.7. The Labute approximate surface area is 215 Å². The Balaban J connectivity index is 0. The zero-order valence-corrected chi connectivity index (χ0v) is 25.0. The van der Waals surface area contributed by atoms with E-state index in [9.17, 15) is 19.2 Å². The Hall–Kier alpha value is -1.02. The molecule has 0 saturated carbocycles. The smallest absolute Gasteiger partial charge is 0.317 e. The number of rotatable bonds is 10. The van der Waals surface area contributed by atoms with E-state index in [2.05, 4.69) is 0 Å². The van der Waals surface area contributed by atoms with Crippen molar-refractivity contribution in [2.75, 3.05) is 0 Å². The summed E-state index contributed by atoms with van der Waals surface area (Å²) in [5.41, 5.74) is -0.154. The van der Waals surface area contributed by atoms with E-state index in [1.807, 2.05) is 83.1 Å². The highest BCUT2D eigenvalue weighted by Gasteiger charge is 2.30. The summed E-state index contributed by atoms with van der Waals surface area (Å²) in [4.78, 5) is 45.8. The summed E-state index contributed by atoms with van der Waals surface area (Å²) < 4.78 is -0.295. The molecule has 6 nitrogen and oxygen atoms in total. The first-order chi connectivity index (χ1) is 14.8. The zero-order chi connectivity index (χ0) is 27.7. The van der Waals surface area contributed by atoms with E-state index in [0.29, 0.717) is 12.8 Å². The van der Waals surface area contributed by atoms with Crippen molar-refractivity contribution in [3.05, 3.63) is 0 Å². The third-order valence-electron chi connectivity index (χ3n) is 3.82. The Kier molecular flexibility index (Phi) is 14.4. The second-order valence-electron chi connectivity index (χ2n) is 13.1. The summed E-state index contributed by atoms with van der Waals surface area (Å²) in [6, 6.07) is 0. The molecule has 0 aromatic carbocycles. The predicted molar refractivity (Wildman–Crippen MR) is 145 cm³/mol. The summed E-state index contributed by atoms with van der Waals surface area (Å²) in [6.07, 6.45) is 1.10. The highest BCUT2D eigenvalue weighted by molar-refractivity contribution is 8.02. The maximum Gasteiger partial charge on any atom is 0.317 e. The van der Waals surface area contributed by atoms with Crippen LogP contribution in [0.2, 0.25) is 0 Å². The average molecular weight is 521 g/mol. The van der Waals surface area contributed by atoms with Crippen LogP contribution >= 0.6 is 23.5 Å². The summed E-state index contributed by atoms with van der Waals surface area (Å²) in [5, 5.41) is 17.0. The van der Waals surface area contributed by atoms with Gasteiger partial charge in [-0.15, -0.1) is 23.5 Å². The number of carbonyl (C=O) groups is 4. The molecule has 2 unspecified atom stereocenters. The molecule has 0 spiro atoms. The van der Waals surface area contributed by atoms with Gasteiger partial charge in [-0.25, -0.2) is 0 Å². The quantitative estimate of drug-likeness (QED) is 0.326. The molecule has 34 heavy (non-hydrogen) atoms.